The van der Waals surface area contributed by atoms with Gasteiger partial charge in [0.15, 0.2) is 0 Å². The van der Waals surface area contributed by atoms with Gasteiger partial charge in [0, 0.05) is 29.9 Å². The van der Waals surface area contributed by atoms with Gasteiger partial charge in [-0.1, -0.05) is 0 Å². The molecule has 0 radical (unpaired) electrons. The Kier molecular flexibility index (Phi) is 4.40. The van der Waals surface area contributed by atoms with Crippen molar-refractivity contribution < 1.29 is 14.3 Å². The summed E-state index contributed by atoms with van der Waals surface area (Å²) in [5.74, 6) is -0.164. The van der Waals surface area contributed by atoms with Crippen LogP contribution in [0.2, 0.25) is 0 Å². The summed E-state index contributed by atoms with van der Waals surface area (Å²) in [5.41, 5.74) is 7.35. The fourth-order valence-electron chi connectivity index (χ4n) is 3.00. The van der Waals surface area contributed by atoms with Crippen LogP contribution in [0.5, 0.6) is 0 Å². The zero-order chi connectivity index (χ0) is 15.5. The number of nitrogens with one attached hydrogen (secondary N) is 1. The lowest BCUT2D eigenvalue weighted by Crippen LogP contribution is -2.44. The number of benzene rings is 1. The van der Waals surface area contributed by atoms with Crippen LogP contribution in [0.1, 0.15) is 29.6 Å². The highest BCUT2D eigenvalue weighted by Gasteiger charge is 2.26. The Hall–Kier alpha value is -1.92. The van der Waals surface area contributed by atoms with Gasteiger partial charge in [-0.15, -0.1) is 0 Å². The van der Waals surface area contributed by atoms with E-state index in [0.29, 0.717) is 18.7 Å². The second-order valence-electron chi connectivity index (χ2n) is 5.82. The summed E-state index contributed by atoms with van der Waals surface area (Å²) < 4.78 is 5.11. The van der Waals surface area contributed by atoms with E-state index in [1.54, 1.807) is 29.2 Å². The first-order valence-electron chi connectivity index (χ1n) is 7.70. The van der Waals surface area contributed by atoms with E-state index < -0.39 is 0 Å². The molecular weight excluding hydrogens is 282 g/mol. The molecule has 2 amide bonds. The summed E-state index contributed by atoms with van der Waals surface area (Å²) in [4.78, 5) is 25.7. The van der Waals surface area contributed by atoms with Gasteiger partial charge in [-0.25, -0.2) is 0 Å². The summed E-state index contributed by atoms with van der Waals surface area (Å²) in [7, 11) is 0. The van der Waals surface area contributed by atoms with Crippen LogP contribution in [-0.2, 0) is 9.53 Å². The van der Waals surface area contributed by atoms with Crippen molar-refractivity contribution in [3.05, 3.63) is 29.8 Å². The molecule has 0 spiro atoms. The molecular formula is C16H21N3O3. The summed E-state index contributed by atoms with van der Waals surface area (Å²) in [6.07, 6.45) is 2.96. The van der Waals surface area contributed by atoms with Gasteiger partial charge in [-0.05, 0) is 43.5 Å². The van der Waals surface area contributed by atoms with Gasteiger partial charge >= 0.3 is 0 Å². The van der Waals surface area contributed by atoms with Gasteiger partial charge in [0.25, 0.3) is 11.8 Å². The topological polar surface area (TPSA) is 84.7 Å². The number of nitrogens with zero attached hydrogens (tertiary/aromatic N) is 1. The number of carbonyl (C=O) groups excluding carboxylic acids is 2. The molecule has 1 aliphatic carbocycles. The monoisotopic (exact) mass is 303 g/mol. The fraction of sp³-hybridized carbons (Fsp3) is 0.500. The number of morpholine rings is 1. The van der Waals surface area contributed by atoms with Crippen molar-refractivity contribution in [1.29, 1.82) is 0 Å². The highest BCUT2D eigenvalue weighted by molar-refractivity contribution is 5.97. The minimum atomic E-state index is -0.109. The largest absolute Gasteiger partial charge is 0.370 e. The second kappa shape index (κ2) is 6.46. The molecule has 1 saturated carbocycles. The Labute approximate surface area is 129 Å². The molecule has 2 fully saturated rings. The number of hydrogen-bond donors (Lipinski definition) is 2. The number of anilines is 1. The lowest BCUT2D eigenvalue weighted by atomic mass is 10.1. The van der Waals surface area contributed by atoms with Crippen LogP contribution >= 0.6 is 0 Å². The highest BCUT2D eigenvalue weighted by Crippen LogP contribution is 2.19. The molecule has 1 aromatic carbocycles. The molecule has 1 aliphatic heterocycles. The molecule has 0 aromatic heterocycles. The standard InChI is InChI=1S/C16H21N3O3/c17-13-2-1-3-14(13)18-16(21)11-4-6-12(7-5-11)19-8-9-22-10-15(19)20/h4-7,13-14H,1-3,8-10,17H2,(H,18,21). The number of amides is 2. The molecule has 6 nitrogen and oxygen atoms in total. The smallest absolute Gasteiger partial charge is 0.253 e. The molecule has 6 heteroatoms. The first-order chi connectivity index (χ1) is 10.6. The van der Waals surface area contributed by atoms with Crippen LogP contribution < -0.4 is 16.0 Å². The van der Waals surface area contributed by atoms with Gasteiger partial charge in [0.2, 0.25) is 0 Å². The van der Waals surface area contributed by atoms with Gasteiger partial charge in [-0.3, -0.25) is 9.59 Å². The first kappa shape index (κ1) is 15.0. The average Bonchev–Trinajstić information content (AvgIpc) is 2.93. The first-order valence-corrected chi connectivity index (χ1v) is 7.70. The van der Waals surface area contributed by atoms with Gasteiger partial charge in [0.1, 0.15) is 6.61 Å². The molecule has 3 N–H and O–H groups in total. The van der Waals surface area contributed by atoms with Crippen molar-refractivity contribution in [2.75, 3.05) is 24.7 Å². The lowest BCUT2D eigenvalue weighted by Gasteiger charge is -2.27. The Morgan fingerprint density at radius 3 is 2.68 bits per heavy atom. The Balaban J connectivity index is 1.65. The normalized spacial score (nSPS) is 25.3. The van der Waals surface area contributed by atoms with Crippen LogP contribution in [0, 0.1) is 0 Å². The minimum Gasteiger partial charge on any atom is -0.370 e. The van der Waals surface area contributed by atoms with E-state index in [2.05, 4.69) is 5.32 Å². The van der Waals surface area contributed by atoms with E-state index in [1.165, 1.54) is 0 Å². The third-order valence-electron chi connectivity index (χ3n) is 4.31. The Morgan fingerprint density at radius 1 is 1.27 bits per heavy atom. The van der Waals surface area contributed by atoms with E-state index in [0.717, 1.165) is 24.9 Å². The Morgan fingerprint density at radius 2 is 2.05 bits per heavy atom. The molecule has 118 valence electrons. The average molecular weight is 303 g/mol. The molecule has 0 bridgehead atoms. The molecule has 1 saturated heterocycles. The SMILES string of the molecule is NC1CCCC1NC(=O)c1ccc(N2CCOCC2=O)cc1. The predicted octanol–water partition coefficient (Wildman–Crippen LogP) is 0.659. The molecule has 2 atom stereocenters. The Bertz CT molecular complexity index is 558. The fourth-order valence-corrected chi connectivity index (χ4v) is 3.00. The van der Waals surface area contributed by atoms with Crippen molar-refractivity contribution in [2.24, 2.45) is 5.73 Å². The molecule has 3 rings (SSSR count). The number of rotatable bonds is 3. The van der Waals surface area contributed by atoms with Crippen LogP contribution in [0.15, 0.2) is 24.3 Å². The van der Waals surface area contributed by atoms with Crippen LogP contribution in [0.4, 0.5) is 5.69 Å². The number of nitrogens with two attached hydrogens (primary N) is 1. The third-order valence-corrected chi connectivity index (χ3v) is 4.31. The molecule has 22 heavy (non-hydrogen) atoms. The maximum Gasteiger partial charge on any atom is 0.253 e. The third kappa shape index (κ3) is 3.13. The molecule has 2 unspecified atom stereocenters. The maximum atomic E-state index is 12.2. The van der Waals surface area contributed by atoms with E-state index in [9.17, 15) is 9.59 Å². The minimum absolute atomic E-state index is 0.0502. The van der Waals surface area contributed by atoms with Crippen molar-refractivity contribution in [3.8, 4) is 0 Å². The zero-order valence-corrected chi connectivity index (χ0v) is 12.5. The predicted molar refractivity (Wildman–Crippen MR) is 82.7 cm³/mol. The van der Waals surface area contributed by atoms with Crippen molar-refractivity contribution in [2.45, 2.75) is 31.3 Å². The van der Waals surface area contributed by atoms with Gasteiger partial charge < -0.3 is 20.7 Å². The van der Waals surface area contributed by atoms with E-state index in [1.807, 2.05) is 0 Å². The summed E-state index contributed by atoms with van der Waals surface area (Å²) in [6, 6.07) is 7.20. The second-order valence-corrected chi connectivity index (χ2v) is 5.82. The zero-order valence-electron chi connectivity index (χ0n) is 12.5. The van der Waals surface area contributed by atoms with Gasteiger partial charge in [0.05, 0.1) is 6.61 Å². The van der Waals surface area contributed by atoms with Crippen LogP contribution in [0.3, 0.4) is 0 Å². The van der Waals surface area contributed by atoms with Crippen LogP contribution in [-0.4, -0.2) is 43.7 Å². The quantitative estimate of drug-likeness (QED) is 0.859. The lowest BCUT2D eigenvalue weighted by molar-refractivity contribution is -0.125. The van der Waals surface area contributed by atoms with Crippen molar-refractivity contribution in [3.63, 3.8) is 0 Å². The molecule has 2 aliphatic rings. The van der Waals surface area contributed by atoms with Crippen LogP contribution in [0.25, 0.3) is 0 Å². The summed E-state index contributed by atoms with van der Waals surface area (Å²) in [6.45, 7) is 1.19. The van der Waals surface area contributed by atoms with E-state index in [4.69, 9.17) is 10.5 Å². The highest BCUT2D eigenvalue weighted by atomic mass is 16.5. The number of ether oxygens (including phenoxy) is 1. The van der Waals surface area contributed by atoms with Gasteiger partial charge in [-0.2, -0.15) is 0 Å². The van der Waals surface area contributed by atoms with Crippen molar-refractivity contribution in [1.82, 2.24) is 5.32 Å². The summed E-state index contributed by atoms with van der Waals surface area (Å²) >= 11 is 0. The van der Waals surface area contributed by atoms with Crippen molar-refractivity contribution >= 4 is 17.5 Å². The van der Waals surface area contributed by atoms with E-state index >= 15 is 0 Å². The van der Waals surface area contributed by atoms with E-state index in [-0.39, 0.29) is 30.5 Å². The number of carbonyl (C=O) groups is 2. The molecule has 1 aromatic rings. The summed E-state index contributed by atoms with van der Waals surface area (Å²) in [5, 5.41) is 2.99. The number of hydrogen-bond acceptors (Lipinski definition) is 4. The molecule has 1 heterocycles. The maximum absolute atomic E-state index is 12.2.